The van der Waals surface area contributed by atoms with Gasteiger partial charge in [-0.1, -0.05) is 31.4 Å². The molecule has 0 fully saturated rings. The first-order valence-electron chi connectivity index (χ1n) is 4.64. The second kappa shape index (κ2) is 5.65. The van der Waals surface area contributed by atoms with Crippen molar-refractivity contribution >= 4 is 17.3 Å². The van der Waals surface area contributed by atoms with E-state index in [1.54, 1.807) is 0 Å². The van der Waals surface area contributed by atoms with Gasteiger partial charge < -0.3 is 10.5 Å². The molecule has 5 heteroatoms. The zero-order valence-corrected chi connectivity index (χ0v) is 8.92. The second-order valence-electron chi connectivity index (χ2n) is 2.94. The molecule has 0 saturated heterocycles. The maximum absolute atomic E-state index is 5.70. The van der Waals surface area contributed by atoms with Crippen molar-refractivity contribution in [1.82, 2.24) is 9.97 Å². The van der Waals surface area contributed by atoms with Crippen molar-refractivity contribution in [1.29, 1.82) is 0 Å². The van der Waals surface area contributed by atoms with Crippen LogP contribution in [0.15, 0.2) is 6.33 Å². The fourth-order valence-electron chi connectivity index (χ4n) is 0.995. The molecule has 0 bridgehead atoms. The Labute approximate surface area is 88.5 Å². The highest BCUT2D eigenvalue weighted by atomic mass is 35.5. The highest BCUT2D eigenvalue weighted by molar-refractivity contribution is 6.32. The first kappa shape index (κ1) is 11.0. The maximum Gasteiger partial charge on any atom is 0.241 e. The first-order chi connectivity index (χ1) is 6.75. The van der Waals surface area contributed by atoms with Crippen molar-refractivity contribution in [3.63, 3.8) is 0 Å². The maximum atomic E-state index is 5.70. The summed E-state index contributed by atoms with van der Waals surface area (Å²) in [5, 5.41) is 0.241. The summed E-state index contributed by atoms with van der Waals surface area (Å²) in [6, 6.07) is 0. The van der Waals surface area contributed by atoms with Gasteiger partial charge in [0.05, 0.1) is 6.61 Å². The number of ether oxygens (including phenoxy) is 1. The Morgan fingerprint density at radius 2 is 2.21 bits per heavy atom. The smallest absolute Gasteiger partial charge is 0.241 e. The Bertz CT molecular complexity index is 293. The Kier molecular flexibility index (Phi) is 4.46. The zero-order chi connectivity index (χ0) is 10.4. The molecule has 78 valence electrons. The summed E-state index contributed by atoms with van der Waals surface area (Å²) >= 11 is 5.70. The van der Waals surface area contributed by atoms with Crippen LogP contribution in [0.2, 0.25) is 5.15 Å². The highest BCUT2D eigenvalue weighted by Gasteiger charge is 2.06. The van der Waals surface area contributed by atoms with Gasteiger partial charge in [0, 0.05) is 0 Å². The summed E-state index contributed by atoms with van der Waals surface area (Å²) in [6.07, 6.45) is 4.63. The van der Waals surface area contributed by atoms with Crippen LogP contribution in [-0.4, -0.2) is 16.6 Å². The van der Waals surface area contributed by atoms with Gasteiger partial charge >= 0.3 is 0 Å². The van der Waals surface area contributed by atoms with Crippen LogP contribution in [0.25, 0.3) is 0 Å². The number of nitrogens with two attached hydrogens (primary N) is 1. The van der Waals surface area contributed by atoms with Crippen LogP contribution in [0.3, 0.4) is 0 Å². The summed E-state index contributed by atoms with van der Waals surface area (Å²) in [7, 11) is 0. The SMILES string of the molecule is CCCCCOc1ncnc(Cl)c1N. The molecule has 0 aromatic carbocycles. The van der Waals surface area contributed by atoms with E-state index in [1.807, 2.05) is 0 Å². The van der Waals surface area contributed by atoms with E-state index >= 15 is 0 Å². The van der Waals surface area contributed by atoms with Gasteiger partial charge in [-0.2, -0.15) is 4.98 Å². The number of hydrogen-bond acceptors (Lipinski definition) is 4. The van der Waals surface area contributed by atoms with Gasteiger partial charge in [-0.25, -0.2) is 4.98 Å². The van der Waals surface area contributed by atoms with Gasteiger partial charge in [-0.15, -0.1) is 0 Å². The topological polar surface area (TPSA) is 61.0 Å². The average Bonchev–Trinajstić information content (AvgIpc) is 2.19. The molecule has 0 atom stereocenters. The molecule has 0 spiro atoms. The number of nitrogen functional groups attached to an aromatic ring is 1. The molecule has 0 aliphatic rings. The van der Waals surface area contributed by atoms with Crippen molar-refractivity contribution in [3.05, 3.63) is 11.5 Å². The summed E-state index contributed by atoms with van der Waals surface area (Å²) in [5.74, 6) is 0.376. The van der Waals surface area contributed by atoms with E-state index in [4.69, 9.17) is 22.1 Å². The molecule has 1 heterocycles. The molecule has 2 N–H and O–H groups in total. The van der Waals surface area contributed by atoms with Gasteiger partial charge in [-0.3, -0.25) is 0 Å². The molecule has 0 radical (unpaired) electrons. The predicted octanol–water partition coefficient (Wildman–Crippen LogP) is 2.28. The van der Waals surface area contributed by atoms with E-state index in [-0.39, 0.29) is 5.15 Å². The number of rotatable bonds is 5. The van der Waals surface area contributed by atoms with Crippen LogP contribution < -0.4 is 10.5 Å². The Morgan fingerprint density at radius 3 is 2.93 bits per heavy atom. The molecular formula is C9H14ClN3O. The number of unbranched alkanes of at least 4 members (excludes halogenated alkanes) is 2. The largest absolute Gasteiger partial charge is 0.476 e. The minimum absolute atomic E-state index is 0.241. The lowest BCUT2D eigenvalue weighted by Gasteiger charge is -2.06. The minimum Gasteiger partial charge on any atom is -0.476 e. The van der Waals surface area contributed by atoms with E-state index in [0.717, 1.165) is 19.3 Å². The van der Waals surface area contributed by atoms with Crippen LogP contribution >= 0.6 is 11.6 Å². The third kappa shape index (κ3) is 3.03. The number of anilines is 1. The monoisotopic (exact) mass is 215 g/mol. The quantitative estimate of drug-likeness (QED) is 0.605. The highest BCUT2D eigenvalue weighted by Crippen LogP contribution is 2.23. The van der Waals surface area contributed by atoms with Crippen molar-refractivity contribution in [2.24, 2.45) is 0 Å². The molecular weight excluding hydrogens is 202 g/mol. The van der Waals surface area contributed by atoms with E-state index < -0.39 is 0 Å². The van der Waals surface area contributed by atoms with Crippen molar-refractivity contribution < 1.29 is 4.74 Å². The third-order valence-corrected chi connectivity index (χ3v) is 2.09. The third-order valence-electron chi connectivity index (χ3n) is 1.79. The first-order valence-corrected chi connectivity index (χ1v) is 5.02. The van der Waals surface area contributed by atoms with E-state index in [0.29, 0.717) is 18.2 Å². The van der Waals surface area contributed by atoms with Gasteiger partial charge in [-0.05, 0) is 6.42 Å². The molecule has 0 aliphatic carbocycles. The molecule has 0 amide bonds. The molecule has 1 rings (SSSR count). The van der Waals surface area contributed by atoms with E-state index in [1.165, 1.54) is 6.33 Å². The lowest BCUT2D eigenvalue weighted by atomic mass is 10.3. The number of halogens is 1. The fraction of sp³-hybridized carbons (Fsp3) is 0.556. The van der Waals surface area contributed by atoms with Crippen molar-refractivity contribution in [2.75, 3.05) is 12.3 Å². The predicted molar refractivity (Wildman–Crippen MR) is 56.5 cm³/mol. The van der Waals surface area contributed by atoms with Crippen molar-refractivity contribution in [2.45, 2.75) is 26.2 Å². The molecule has 4 nitrogen and oxygen atoms in total. The summed E-state index contributed by atoms with van der Waals surface area (Å²) in [5.41, 5.74) is 5.93. The normalized spacial score (nSPS) is 10.1. The van der Waals surface area contributed by atoms with Crippen LogP contribution in [0.1, 0.15) is 26.2 Å². The minimum atomic E-state index is 0.241. The van der Waals surface area contributed by atoms with Crippen LogP contribution in [0.4, 0.5) is 5.69 Å². The lowest BCUT2D eigenvalue weighted by molar-refractivity contribution is 0.296. The Morgan fingerprint density at radius 1 is 1.43 bits per heavy atom. The standard InChI is InChI=1S/C9H14ClN3O/c1-2-3-4-5-14-9-7(11)8(10)12-6-13-9/h6H,2-5,11H2,1H3. The molecule has 1 aromatic rings. The van der Waals surface area contributed by atoms with E-state index in [2.05, 4.69) is 16.9 Å². The van der Waals surface area contributed by atoms with Gasteiger partial charge in [0.25, 0.3) is 0 Å². The number of aromatic nitrogens is 2. The average molecular weight is 216 g/mol. The van der Waals surface area contributed by atoms with Gasteiger partial charge in [0.2, 0.25) is 5.88 Å². The van der Waals surface area contributed by atoms with Gasteiger partial charge in [0.1, 0.15) is 12.0 Å². The molecule has 1 aromatic heterocycles. The summed E-state index contributed by atoms with van der Waals surface area (Å²) in [6.45, 7) is 2.75. The zero-order valence-electron chi connectivity index (χ0n) is 8.16. The molecule has 0 aliphatic heterocycles. The Balaban J connectivity index is 2.46. The van der Waals surface area contributed by atoms with Crippen LogP contribution in [0.5, 0.6) is 5.88 Å². The second-order valence-corrected chi connectivity index (χ2v) is 3.30. The van der Waals surface area contributed by atoms with Crippen LogP contribution in [-0.2, 0) is 0 Å². The van der Waals surface area contributed by atoms with Crippen LogP contribution in [0, 0.1) is 0 Å². The van der Waals surface area contributed by atoms with Crippen molar-refractivity contribution in [3.8, 4) is 5.88 Å². The number of nitrogens with zero attached hydrogens (tertiary/aromatic N) is 2. The van der Waals surface area contributed by atoms with Gasteiger partial charge in [0.15, 0.2) is 5.15 Å². The fourth-order valence-corrected chi connectivity index (χ4v) is 1.12. The molecule has 0 saturated carbocycles. The van der Waals surface area contributed by atoms with E-state index in [9.17, 15) is 0 Å². The lowest BCUT2D eigenvalue weighted by Crippen LogP contribution is -2.03. The summed E-state index contributed by atoms with van der Waals surface area (Å²) in [4.78, 5) is 7.63. The molecule has 0 unspecified atom stereocenters. The summed E-state index contributed by atoms with van der Waals surface area (Å²) < 4.78 is 5.36. The number of hydrogen-bond donors (Lipinski definition) is 1. The Hall–Kier alpha value is -1.03. The molecule has 14 heavy (non-hydrogen) atoms.